The molecular weight excluding hydrogens is 216 g/mol. The first-order valence-electron chi connectivity index (χ1n) is 5.76. The Morgan fingerprint density at radius 1 is 1.59 bits per heavy atom. The van der Waals surface area contributed by atoms with Crippen LogP contribution < -0.4 is 0 Å². The second-order valence-electron chi connectivity index (χ2n) is 4.87. The van der Waals surface area contributed by atoms with Gasteiger partial charge in [0.15, 0.2) is 0 Å². The number of amides is 1. The van der Waals surface area contributed by atoms with Crippen molar-refractivity contribution in [1.29, 1.82) is 5.26 Å². The highest BCUT2D eigenvalue weighted by molar-refractivity contribution is 5.95. The maximum absolute atomic E-state index is 12.2. The van der Waals surface area contributed by atoms with Gasteiger partial charge in [0, 0.05) is 18.8 Å². The van der Waals surface area contributed by atoms with Gasteiger partial charge in [0.05, 0.1) is 23.2 Å². The average molecular weight is 232 g/mol. The Balaban J connectivity index is 2.06. The van der Waals surface area contributed by atoms with Crippen molar-refractivity contribution in [2.45, 2.75) is 26.7 Å². The molecule has 0 saturated carbocycles. The Morgan fingerprint density at radius 3 is 2.71 bits per heavy atom. The monoisotopic (exact) mass is 232 g/mol. The van der Waals surface area contributed by atoms with Gasteiger partial charge in [0.1, 0.15) is 0 Å². The highest BCUT2D eigenvalue weighted by atomic mass is 16.2. The number of carbonyl (C=O) groups excluding carboxylic acids is 1. The van der Waals surface area contributed by atoms with Crippen molar-refractivity contribution < 1.29 is 4.79 Å². The van der Waals surface area contributed by atoms with Crippen LogP contribution in [-0.4, -0.2) is 34.1 Å². The van der Waals surface area contributed by atoms with E-state index in [0.717, 1.165) is 18.5 Å². The van der Waals surface area contributed by atoms with Crippen LogP contribution in [0.3, 0.4) is 0 Å². The van der Waals surface area contributed by atoms with E-state index in [1.54, 1.807) is 11.1 Å². The summed E-state index contributed by atoms with van der Waals surface area (Å²) >= 11 is 0. The fourth-order valence-electron chi connectivity index (χ4n) is 2.05. The van der Waals surface area contributed by atoms with Crippen LogP contribution in [0.25, 0.3) is 0 Å². The molecule has 0 radical (unpaired) electrons. The molecule has 1 aromatic rings. The fourth-order valence-corrected chi connectivity index (χ4v) is 2.05. The Labute approximate surface area is 100 Å². The third kappa shape index (κ3) is 2.16. The lowest BCUT2D eigenvalue weighted by Crippen LogP contribution is -2.41. The number of carbonyl (C=O) groups is 1. The standard InChI is InChI=1S/C12H16N4O/c1-9-10(7-14-15-9)11(17)16-5-3-12(2,8-13)4-6-16/h7H,3-6H2,1-2H3,(H,14,15). The normalized spacial score (nSPS) is 18.8. The number of hydrogen-bond donors (Lipinski definition) is 1. The van der Waals surface area contributed by atoms with Crippen molar-refractivity contribution >= 4 is 5.91 Å². The summed E-state index contributed by atoms with van der Waals surface area (Å²) in [5, 5.41) is 15.7. The van der Waals surface area contributed by atoms with Crippen molar-refractivity contribution in [2.24, 2.45) is 5.41 Å². The molecule has 0 bridgehead atoms. The van der Waals surface area contributed by atoms with Crippen LogP contribution in [0.2, 0.25) is 0 Å². The first-order valence-corrected chi connectivity index (χ1v) is 5.76. The number of hydrogen-bond acceptors (Lipinski definition) is 3. The van der Waals surface area contributed by atoms with E-state index in [2.05, 4.69) is 16.3 Å². The van der Waals surface area contributed by atoms with Crippen molar-refractivity contribution in [2.75, 3.05) is 13.1 Å². The number of rotatable bonds is 1. The Morgan fingerprint density at radius 2 is 2.24 bits per heavy atom. The maximum atomic E-state index is 12.2. The van der Waals surface area contributed by atoms with Crippen LogP contribution in [0.15, 0.2) is 6.20 Å². The minimum Gasteiger partial charge on any atom is -0.338 e. The summed E-state index contributed by atoms with van der Waals surface area (Å²) in [6.45, 7) is 5.09. The molecule has 1 aliphatic heterocycles. The summed E-state index contributed by atoms with van der Waals surface area (Å²) in [6, 6.07) is 2.33. The first-order chi connectivity index (χ1) is 8.06. The molecule has 1 N–H and O–H groups in total. The lowest BCUT2D eigenvalue weighted by molar-refractivity contribution is 0.0661. The Bertz CT molecular complexity index is 463. The lowest BCUT2D eigenvalue weighted by Gasteiger charge is -2.34. The number of piperidine rings is 1. The number of aromatic amines is 1. The predicted molar refractivity (Wildman–Crippen MR) is 62.2 cm³/mol. The highest BCUT2D eigenvalue weighted by Crippen LogP contribution is 2.30. The van der Waals surface area contributed by atoms with E-state index < -0.39 is 0 Å². The average Bonchev–Trinajstić information content (AvgIpc) is 2.76. The molecule has 1 fully saturated rings. The van der Waals surface area contributed by atoms with Crippen LogP contribution in [-0.2, 0) is 0 Å². The molecule has 2 heterocycles. The number of nitriles is 1. The minimum absolute atomic E-state index is 0.0104. The second kappa shape index (κ2) is 4.21. The lowest BCUT2D eigenvalue weighted by atomic mass is 9.82. The van der Waals surface area contributed by atoms with E-state index in [9.17, 15) is 4.79 Å². The molecule has 90 valence electrons. The van der Waals surface area contributed by atoms with Crippen LogP contribution in [0.5, 0.6) is 0 Å². The maximum Gasteiger partial charge on any atom is 0.257 e. The second-order valence-corrected chi connectivity index (χ2v) is 4.87. The van der Waals surface area contributed by atoms with Gasteiger partial charge < -0.3 is 4.90 Å². The topological polar surface area (TPSA) is 72.8 Å². The molecule has 1 aromatic heterocycles. The summed E-state index contributed by atoms with van der Waals surface area (Å²) in [5.74, 6) is 0.0104. The van der Waals surface area contributed by atoms with E-state index in [1.165, 1.54) is 0 Å². The zero-order valence-corrected chi connectivity index (χ0v) is 10.2. The summed E-state index contributed by atoms with van der Waals surface area (Å²) < 4.78 is 0. The van der Waals surface area contributed by atoms with Crippen molar-refractivity contribution in [3.63, 3.8) is 0 Å². The predicted octanol–water partition coefficient (Wildman–Crippen LogP) is 1.48. The molecule has 5 nitrogen and oxygen atoms in total. The van der Waals surface area contributed by atoms with Gasteiger partial charge in [-0.15, -0.1) is 0 Å². The largest absolute Gasteiger partial charge is 0.338 e. The van der Waals surface area contributed by atoms with Crippen LogP contribution in [0.1, 0.15) is 35.8 Å². The zero-order valence-electron chi connectivity index (χ0n) is 10.2. The van der Waals surface area contributed by atoms with Crippen molar-refractivity contribution in [3.8, 4) is 6.07 Å². The van der Waals surface area contributed by atoms with Gasteiger partial charge in [-0.05, 0) is 26.7 Å². The minimum atomic E-state index is -0.276. The molecule has 1 saturated heterocycles. The summed E-state index contributed by atoms with van der Waals surface area (Å²) in [4.78, 5) is 14.0. The van der Waals surface area contributed by atoms with Gasteiger partial charge in [-0.25, -0.2) is 0 Å². The van der Waals surface area contributed by atoms with E-state index in [4.69, 9.17) is 5.26 Å². The molecule has 17 heavy (non-hydrogen) atoms. The first kappa shape index (κ1) is 11.6. The summed E-state index contributed by atoms with van der Waals surface area (Å²) in [7, 11) is 0. The molecule has 0 aromatic carbocycles. The molecular formula is C12H16N4O. The van der Waals surface area contributed by atoms with Gasteiger partial charge >= 0.3 is 0 Å². The zero-order chi connectivity index (χ0) is 12.5. The third-order valence-electron chi connectivity index (χ3n) is 3.48. The van der Waals surface area contributed by atoms with Crippen LogP contribution >= 0.6 is 0 Å². The Kier molecular flexibility index (Phi) is 2.88. The van der Waals surface area contributed by atoms with E-state index in [0.29, 0.717) is 18.7 Å². The van der Waals surface area contributed by atoms with Gasteiger partial charge in [-0.3, -0.25) is 9.89 Å². The number of aryl methyl sites for hydroxylation is 1. The van der Waals surface area contributed by atoms with E-state index >= 15 is 0 Å². The van der Waals surface area contributed by atoms with Gasteiger partial charge in [0.25, 0.3) is 5.91 Å². The van der Waals surface area contributed by atoms with E-state index in [1.807, 2.05) is 13.8 Å². The quantitative estimate of drug-likeness (QED) is 0.797. The van der Waals surface area contributed by atoms with Gasteiger partial charge in [0.2, 0.25) is 0 Å². The molecule has 0 aliphatic carbocycles. The number of nitrogens with one attached hydrogen (secondary N) is 1. The van der Waals surface area contributed by atoms with Gasteiger partial charge in [-0.2, -0.15) is 10.4 Å². The van der Waals surface area contributed by atoms with Crippen LogP contribution in [0, 0.1) is 23.7 Å². The molecule has 0 spiro atoms. The molecule has 5 heteroatoms. The number of nitrogens with zero attached hydrogens (tertiary/aromatic N) is 3. The highest BCUT2D eigenvalue weighted by Gasteiger charge is 2.32. The number of likely N-dealkylation sites (tertiary alicyclic amines) is 1. The Hall–Kier alpha value is -1.83. The molecule has 0 unspecified atom stereocenters. The van der Waals surface area contributed by atoms with Crippen LogP contribution in [0.4, 0.5) is 0 Å². The van der Waals surface area contributed by atoms with Crippen molar-refractivity contribution in [3.05, 3.63) is 17.5 Å². The van der Waals surface area contributed by atoms with Gasteiger partial charge in [-0.1, -0.05) is 0 Å². The molecule has 1 amide bonds. The van der Waals surface area contributed by atoms with E-state index in [-0.39, 0.29) is 11.3 Å². The fraction of sp³-hybridized carbons (Fsp3) is 0.583. The smallest absolute Gasteiger partial charge is 0.257 e. The number of aromatic nitrogens is 2. The SMILES string of the molecule is Cc1[nH]ncc1C(=O)N1CCC(C)(C#N)CC1. The molecule has 0 atom stereocenters. The molecule has 2 rings (SSSR count). The summed E-state index contributed by atoms with van der Waals surface area (Å²) in [5.41, 5.74) is 1.15. The van der Waals surface area contributed by atoms with Crippen molar-refractivity contribution in [1.82, 2.24) is 15.1 Å². The number of H-pyrrole nitrogens is 1. The summed E-state index contributed by atoms with van der Waals surface area (Å²) in [6.07, 6.45) is 3.05. The third-order valence-corrected chi connectivity index (χ3v) is 3.48. The molecule has 1 aliphatic rings.